The highest BCUT2D eigenvalue weighted by Crippen LogP contribution is 2.31. The van der Waals surface area contributed by atoms with Gasteiger partial charge in [-0.05, 0) is 12.8 Å². The number of unbranched alkanes of at least 4 members (excludes halogenated alkanes) is 4. The van der Waals surface area contributed by atoms with Crippen LogP contribution in [-0.2, 0) is 9.53 Å². The highest BCUT2D eigenvalue weighted by molar-refractivity contribution is 5.65. The van der Waals surface area contributed by atoms with E-state index in [1.165, 1.54) is 58.3 Å². The van der Waals surface area contributed by atoms with Crippen molar-refractivity contribution in [1.82, 2.24) is 0 Å². The van der Waals surface area contributed by atoms with Crippen LogP contribution in [0.3, 0.4) is 0 Å². The molecule has 0 saturated carbocycles. The fourth-order valence-corrected chi connectivity index (χ4v) is 2.13. The summed E-state index contributed by atoms with van der Waals surface area (Å²) in [5, 5.41) is 0. The van der Waals surface area contributed by atoms with E-state index in [4.69, 9.17) is 4.74 Å². The molecule has 0 N–H and O–H groups in total. The van der Waals surface area contributed by atoms with Crippen molar-refractivity contribution in [2.75, 3.05) is 6.61 Å². The Hall–Kier alpha value is -0.530. The summed E-state index contributed by atoms with van der Waals surface area (Å²) in [5.41, 5.74) is 0.190. The molecule has 0 fully saturated rings. The van der Waals surface area contributed by atoms with E-state index in [-0.39, 0.29) is 11.4 Å². The molecule has 0 aromatic rings. The zero-order valence-electron chi connectivity index (χ0n) is 12.2. The third-order valence-corrected chi connectivity index (χ3v) is 3.39. The van der Waals surface area contributed by atoms with Crippen molar-refractivity contribution in [3.63, 3.8) is 0 Å². The smallest absolute Gasteiger partial charge is 0.302 e. The minimum Gasteiger partial charge on any atom is -0.465 e. The topological polar surface area (TPSA) is 26.3 Å². The number of esters is 1. The zero-order chi connectivity index (χ0) is 13.1. The van der Waals surface area contributed by atoms with Gasteiger partial charge < -0.3 is 4.74 Å². The number of ether oxygens (including phenoxy) is 1. The largest absolute Gasteiger partial charge is 0.465 e. The zero-order valence-corrected chi connectivity index (χ0v) is 12.2. The highest BCUT2D eigenvalue weighted by atomic mass is 16.5. The van der Waals surface area contributed by atoms with E-state index in [0.29, 0.717) is 6.61 Å². The molecule has 2 heteroatoms. The van der Waals surface area contributed by atoms with Crippen molar-refractivity contribution in [2.24, 2.45) is 5.41 Å². The minimum absolute atomic E-state index is 0.152. The second-order valence-electron chi connectivity index (χ2n) is 5.51. The van der Waals surface area contributed by atoms with Crippen LogP contribution in [0.1, 0.15) is 79.1 Å². The van der Waals surface area contributed by atoms with Gasteiger partial charge in [0.25, 0.3) is 0 Å². The fraction of sp³-hybridized carbons (Fsp3) is 0.933. The van der Waals surface area contributed by atoms with Gasteiger partial charge in [0, 0.05) is 12.3 Å². The van der Waals surface area contributed by atoms with Crippen LogP contribution in [0.2, 0.25) is 0 Å². The first-order valence-electron chi connectivity index (χ1n) is 7.17. The van der Waals surface area contributed by atoms with Gasteiger partial charge in [-0.25, -0.2) is 0 Å². The molecule has 0 aliphatic heterocycles. The van der Waals surface area contributed by atoms with Crippen molar-refractivity contribution >= 4 is 5.97 Å². The van der Waals surface area contributed by atoms with Gasteiger partial charge in [0.05, 0.1) is 6.61 Å². The third-order valence-electron chi connectivity index (χ3n) is 3.39. The molecule has 1 atom stereocenters. The number of carbonyl (C=O) groups is 1. The van der Waals surface area contributed by atoms with Crippen LogP contribution in [0.15, 0.2) is 0 Å². The lowest BCUT2D eigenvalue weighted by Gasteiger charge is -2.29. The van der Waals surface area contributed by atoms with E-state index in [1.807, 2.05) is 0 Å². The first-order chi connectivity index (χ1) is 8.04. The van der Waals surface area contributed by atoms with Crippen LogP contribution in [0, 0.1) is 5.41 Å². The molecule has 0 aliphatic rings. The van der Waals surface area contributed by atoms with E-state index in [1.54, 1.807) is 0 Å². The summed E-state index contributed by atoms with van der Waals surface area (Å²) in [6, 6.07) is 0. The van der Waals surface area contributed by atoms with Crippen LogP contribution in [0.4, 0.5) is 0 Å². The second-order valence-corrected chi connectivity index (χ2v) is 5.51. The fourth-order valence-electron chi connectivity index (χ4n) is 2.13. The number of carbonyl (C=O) groups excluding carboxylic acids is 1. The number of hydrogen-bond acceptors (Lipinski definition) is 2. The van der Waals surface area contributed by atoms with E-state index >= 15 is 0 Å². The van der Waals surface area contributed by atoms with Gasteiger partial charge in [-0.1, -0.05) is 59.3 Å². The third kappa shape index (κ3) is 9.20. The van der Waals surface area contributed by atoms with Crippen LogP contribution < -0.4 is 0 Å². The predicted molar refractivity (Wildman–Crippen MR) is 73.0 cm³/mol. The van der Waals surface area contributed by atoms with Crippen molar-refractivity contribution in [3.05, 3.63) is 0 Å². The van der Waals surface area contributed by atoms with Gasteiger partial charge in [-0.3, -0.25) is 4.79 Å². The Kier molecular flexibility index (Phi) is 9.20. The van der Waals surface area contributed by atoms with Crippen LogP contribution in [-0.4, -0.2) is 12.6 Å². The van der Waals surface area contributed by atoms with Crippen LogP contribution in [0.25, 0.3) is 0 Å². The molecule has 0 aromatic carbocycles. The molecule has 0 aliphatic carbocycles. The Bertz CT molecular complexity index is 201. The molecule has 0 heterocycles. The number of hydrogen-bond donors (Lipinski definition) is 0. The first kappa shape index (κ1) is 16.5. The summed E-state index contributed by atoms with van der Waals surface area (Å²) in [6.07, 6.45) is 9.94. The molecule has 0 bridgehead atoms. The normalized spacial score (nSPS) is 14.4. The maximum Gasteiger partial charge on any atom is 0.302 e. The van der Waals surface area contributed by atoms with E-state index < -0.39 is 0 Å². The average Bonchev–Trinajstić information content (AvgIpc) is 2.30. The monoisotopic (exact) mass is 242 g/mol. The molecule has 102 valence electrons. The predicted octanol–water partition coefficient (Wildman–Crippen LogP) is 4.72. The Labute approximate surface area is 107 Å². The molecule has 0 rings (SSSR count). The van der Waals surface area contributed by atoms with Crippen molar-refractivity contribution in [2.45, 2.75) is 79.1 Å². The van der Waals surface area contributed by atoms with Crippen LogP contribution >= 0.6 is 0 Å². The maximum atomic E-state index is 10.9. The quantitative estimate of drug-likeness (QED) is 0.409. The summed E-state index contributed by atoms with van der Waals surface area (Å²) in [4.78, 5) is 10.9. The Balaban J connectivity index is 4.03. The van der Waals surface area contributed by atoms with Gasteiger partial charge in [-0.2, -0.15) is 0 Å². The van der Waals surface area contributed by atoms with E-state index in [0.717, 1.165) is 0 Å². The van der Waals surface area contributed by atoms with Crippen molar-refractivity contribution in [1.29, 1.82) is 0 Å². The summed E-state index contributed by atoms with van der Waals surface area (Å²) in [6.45, 7) is 8.79. The maximum absolute atomic E-state index is 10.9. The highest BCUT2D eigenvalue weighted by Gasteiger charge is 2.24. The SMILES string of the molecule is CCCCCCC(C)(CCCC)COC(C)=O. The van der Waals surface area contributed by atoms with E-state index in [2.05, 4.69) is 20.8 Å². The summed E-state index contributed by atoms with van der Waals surface area (Å²) < 4.78 is 5.22. The molecule has 1 unspecified atom stereocenters. The Morgan fingerprint density at radius 2 is 1.59 bits per heavy atom. The van der Waals surface area contributed by atoms with E-state index in [9.17, 15) is 4.79 Å². The molecule has 17 heavy (non-hydrogen) atoms. The standard InChI is InChI=1S/C15H30O2/c1-5-7-9-10-12-15(4,11-8-6-2)13-17-14(3)16/h5-13H2,1-4H3. The summed E-state index contributed by atoms with van der Waals surface area (Å²) in [5.74, 6) is -0.152. The average molecular weight is 242 g/mol. The lowest BCUT2D eigenvalue weighted by Crippen LogP contribution is -2.24. The first-order valence-corrected chi connectivity index (χ1v) is 7.17. The molecule has 0 spiro atoms. The molecule has 0 aromatic heterocycles. The molecule has 0 radical (unpaired) electrons. The Morgan fingerprint density at radius 1 is 1.00 bits per heavy atom. The summed E-state index contributed by atoms with van der Waals surface area (Å²) in [7, 11) is 0. The molecule has 0 saturated heterocycles. The lowest BCUT2D eigenvalue weighted by atomic mass is 9.81. The van der Waals surface area contributed by atoms with Gasteiger partial charge in [-0.15, -0.1) is 0 Å². The van der Waals surface area contributed by atoms with Gasteiger partial charge in [0.1, 0.15) is 0 Å². The molecule has 2 nitrogen and oxygen atoms in total. The van der Waals surface area contributed by atoms with Gasteiger partial charge in [0.2, 0.25) is 0 Å². The summed E-state index contributed by atoms with van der Waals surface area (Å²) >= 11 is 0. The molecule has 0 amide bonds. The number of rotatable bonds is 10. The van der Waals surface area contributed by atoms with Crippen LogP contribution in [0.5, 0.6) is 0 Å². The Morgan fingerprint density at radius 3 is 2.12 bits per heavy atom. The van der Waals surface area contributed by atoms with Gasteiger partial charge >= 0.3 is 5.97 Å². The van der Waals surface area contributed by atoms with Crippen molar-refractivity contribution < 1.29 is 9.53 Å². The second kappa shape index (κ2) is 9.49. The van der Waals surface area contributed by atoms with Gasteiger partial charge in [0.15, 0.2) is 0 Å². The van der Waals surface area contributed by atoms with Crippen molar-refractivity contribution in [3.8, 4) is 0 Å². The molecular weight excluding hydrogens is 212 g/mol. The molecular formula is C15H30O2. The lowest BCUT2D eigenvalue weighted by molar-refractivity contribution is -0.144. The minimum atomic E-state index is -0.152.